The summed E-state index contributed by atoms with van der Waals surface area (Å²) in [6.07, 6.45) is 2.55. The Morgan fingerprint density at radius 1 is 1.08 bits per heavy atom. The minimum absolute atomic E-state index is 0.619. The quantitative estimate of drug-likeness (QED) is 0.880. The van der Waals surface area contributed by atoms with Crippen molar-refractivity contribution in [2.75, 3.05) is 48.7 Å². The molecule has 2 aromatic rings. The number of likely N-dealkylation sites (N-methyl/N-ethyl adjacent to an activating group) is 1. The van der Waals surface area contributed by atoms with Gasteiger partial charge in [-0.05, 0) is 24.6 Å². The first-order chi connectivity index (χ1) is 11.7. The van der Waals surface area contributed by atoms with Crippen LogP contribution >= 0.6 is 0 Å². The lowest BCUT2D eigenvalue weighted by molar-refractivity contribution is 0.270. The van der Waals surface area contributed by atoms with Crippen molar-refractivity contribution in [3.05, 3.63) is 36.2 Å². The van der Waals surface area contributed by atoms with E-state index in [0.29, 0.717) is 11.5 Å². The predicted molar refractivity (Wildman–Crippen MR) is 99.9 cm³/mol. The van der Waals surface area contributed by atoms with Crippen molar-refractivity contribution in [3.8, 4) is 0 Å². The number of hydrogen-bond acceptors (Lipinski definition) is 6. The Hall–Kier alpha value is -2.34. The summed E-state index contributed by atoms with van der Waals surface area (Å²) in [5.41, 5.74) is 9.29. The van der Waals surface area contributed by atoms with E-state index in [4.69, 9.17) is 5.73 Å². The first-order valence-electron chi connectivity index (χ1n) is 8.65. The maximum Gasteiger partial charge on any atom is 0.159 e. The Balaban J connectivity index is 1.81. The number of benzene rings is 1. The number of nitrogen functional groups attached to an aromatic ring is 1. The highest BCUT2D eigenvalue weighted by Gasteiger charge is 2.20. The summed E-state index contributed by atoms with van der Waals surface area (Å²) in [5.74, 6) is 1.51. The van der Waals surface area contributed by atoms with Gasteiger partial charge in [0.05, 0.1) is 0 Å². The minimum atomic E-state index is 0.619. The van der Waals surface area contributed by atoms with Gasteiger partial charge in [0, 0.05) is 31.9 Å². The molecule has 1 aromatic carbocycles. The van der Waals surface area contributed by atoms with E-state index in [2.05, 4.69) is 51.1 Å². The van der Waals surface area contributed by atoms with Crippen LogP contribution < -0.4 is 16.0 Å². The van der Waals surface area contributed by atoms with Gasteiger partial charge < -0.3 is 20.9 Å². The number of nitrogens with zero attached hydrogens (tertiary/aromatic N) is 4. The summed E-state index contributed by atoms with van der Waals surface area (Å²) >= 11 is 0. The van der Waals surface area contributed by atoms with E-state index in [0.717, 1.165) is 50.6 Å². The molecule has 0 atom stereocenters. The molecule has 3 rings (SSSR count). The predicted octanol–water partition coefficient (Wildman–Crippen LogP) is 2.51. The van der Waals surface area contributed by atoms with Crippen molar-refractivity contribution >= 4 is 23.0 Å². The van der Waals surface area contributed by atoms with Crippen LogP contribution in [-0.4, -0.2) is 47.6 Å². The van der Waals surface area contributed by atoms with E-state index >= 15 is 0 Å². The van der Waals surface area contributed by atoms with Crippen molar-refractivity contribution < 1.29 is 0 Å². The van der Waals surface area contributed by atoms with Crippen molar-refractivity contribution in [2.45, 2.75) is 20.3 Å². The molecule has 0 radical (unpaired) electrons. The zero-order valence-corrected chi connectivity index (χ0v) is 14.5. The topological polar surface area (TPSA) is 70.3 Å². The molecule has 128 valence electrons. The molecule has 2 heterocycles. The van der Waals surface area contributed by atoms with Crippen molar-refractivity contribution in [3.63, 3.8) is 0 Å². The molecule has 1 saturated heterocycles. The molecule has 3 N–H and O–H groups in total. The molecule has 0 aliphatic carbocycles. The molecule has 1 aliphatic rings. The smallest absolute Gasteiger partial charge is 0.159 e. The Morgan fingerprint density at radius 2 is 1.83 bits per heavy atom. The number of para-hydroxylation sites is 1. The molecule has 6 heteroatoms. The molecule has 0 saturated carbocycles. The van der Waals surface area contributed by atoms with Crippen LogP contribution in [0.4, 0.5) is 23.0 Å². The van der Waals surface area contributed by atoms with E-state index in [1.54, 1.807) is 6.33 Å². The summed E-state index contributed by atoms with van der Waals surface area (Å²) in [4.78, 5) is 13.5. The fraction of sp³-hybridized carbons (Fsp3) is 0.444. The van der Waals surface area contributed by atoms with Gasteiger partial charge in [-0.3, -0.25) is 0 Å². The first kappa shape index (κ1) is 16.5. The van der Waals surface area contributed by atoms with E-state index in [1.165, 1.54) is 5.56 Å². The normalized spacial score (nSPS) is 15.5. The number of aryl methyl sites for hydroxylation is 1. The average Bonchev–Trinajstić information content (AvgIpc) is 2.64. The van der Waals surface area contributed by atoms with Crippen LogP contribution in [-0.2, 0) is 6.42 Å². The van der Waals surface area contributed by atoms with Crippen LogP contribution in [0.2, 0.25) is 0 Å². The number of hydrogen-bond donors (Lipinski definition) is 2. The van der Waals surface area contributed by atoms with Crippen LogP contribution in [0, 0.1) is 0 Å². The van der Waals surface area contributed by atoms with E-state index in [1.807, 2.05) is 12.1 Å². The fourth-order valence-corrected chi connectivity index (χ4v) is 3.09. The molecular weight excluding hydrogens is 300 g/mol. The zero-order chi connectivity index (χ0) is 16.9. The van der Waals surface area contributed by atoms with Crippen LogP contribution in [0.3, 0.4) is 0 Å². The summed E-state index contributed by atoms with van der Waals surface area (Å²) in [6, 6.07) is 8.24. The highest BCUT2D eigenvalue weighted by molar-refractivity contribution is 5.79. The highest BCUT2D eigenvalue weighted by atomic mass is 15.3. The second-order valence-electron chi connectivity index (χ2n) is 6.02. The third kappa shape index (κ3) is 3.43. The maximum atomic E-state index is 6.38. The van der Waals surface area contributed by atoms with Gasteiger partial charge >= 0.3 is 0 Å². The van der Waals surface area contributed by atoms with Gasteiger partial charge in [-0.1, -0.05) is 32.0 Å². The van der Waals surface area contributed by atoms with Crippen molar-refractivity contribution in [1.29, 1.82) is 0 Å². The summed E-state index contributed by atoms with van der Waals surface area (Å²) in [6.45, 7) is 9.40. The third-order valence-corrected chi connectivity index (χ3v) is 4.63. The molecule has 1 aromatic heterocycles. The van der Waals surface area contributed by atoms with Crippen molar-refractivity contribution in [2.24, 2.45) is 0 Å². The van der Waals surface area contributed by atoms with Gasteiger partial charge in [-0.25, -0.2) is 9.97 Å². The molecule has 0 bridgehead atoms. The number of rotatable bonds is 5. The van der Waals surface area contributed by atoms with Gasteiger partial charge in [0.15, 0.2) is 11.6 Å². The SMILES string of the molecule is CCc1ccccc1Nc1ncnc(N2CCN(CC)CC2)c1N. The van der Waals surface area contributed by atoms with Gasteiger partial charge in [0.25, 0.3) is 0 Å². The van der Waals surface area contributed by atoms with Crippen LogP contribution in [0.1, 0.15) is 19.4 Å². The molecule has 0 unspecified atom stereocenters. The van der Waals surface area contributed by atoms with E-state index in [-0.39, 0.29) is 0 Å². The lowest BCUT2D eigenvalue weighted by Crippen LogP contribution is -2.46. The van der Waals surface area contributed by atoms with Gasteiger partial charge in [-0.15, -0.1) is 0 Å². The number of piperazine rings is 1. The monoisotopic (exact) mass is 326 g/mol. The van der Waals surface area contributed by atoms with Crippen LogP contribution in [0.15, 0.2) is 30.6 Å². The average molecular weight is 326 g/mol. The number of nitrogens with two attached hydrogens (primary N) is 1. The Kier molecular flexibility index (Phi) is 5.15. The summed E-state index contributed by atoms with van der Waals surface area (Å²) < 4.78 is 0. The Morgan fingerprint density at radius 3 is 2.54 bits per heavy atom. The summed E-state index contributed by atoms with van der Waals surface area (Å²) in [7, 11) is 0. The molecule has 1 fully saturated rings. The number of aromatic nitrogens is 2. The van der Waals surface area contributed by atoms with Gasteiger partial charge in [-0.2, -0.15) is 0 Å². The fourth-order valence-electron chi connectivity index (χ4n) is 3.09. The first-order valence-corrected chi connectivity index (χ1v) is 8.65. The van der Waals surface area contributed by atoms with Gasteiger partial charge in [0.2, 0.25) is 0 Å². The lowest BCUT2D eigenvalue weighted by Gasteiger charge is -2.35. The van der Waals surface area contributed by atoms with Crippen molar-refractivity contribution in [1.82, 2.24) is 14.9 Å². The zero-order valence-electron chi connectivity index (χ0n) is 14.5. The molecule has 6 nitrogen and oxygen atoms in total. The molecule has 1 aliphatic heterocycles. The van der Waals surface area contributed by atoms with E-state index in [9.17, 15) is 0 Å². The standard InChI is InChI=1S/C18H26N6/c1-3-14-7-5-6-8-15(14)22-17-16(19)18(21-13-20-17)24-11-9-23(4-2)10-12-24/h5-8,13H,3-4,9-12,19H2,1-2H3,(H,20,21,22). The Bertz CT molecular complexity index is 679. The second-order valence-corrected chi connectivity index (χ2v) is 6.02. The van der Waals surface area contributed by atoms with Crippen LogP contribution in [0.25, 0.3) is 0 Å². The Labute approximate surface area is 143 Å². The highest BCUT2D eigenvalue weighted by Crippen LogP contribution is 2.30. The third-order valence-electron chi connectivity index (χ3n) is 4.63. The number of anilines is 4. The van der Waals surface area contributed by atoms with Gasteiger partial charge in [0.1, 0.15) is 12.0 Å². The minimum Gasteiger partial charge on any atom is -0.393 e. The second kappa shape index (κ2) is 7.49. The lowest BCUT2D eigenvalue weighted by atomic mass is 10.1. The maximum absolute atomic E-state index is 6.38. The molecule has 24 heavy (non-hydrogen) atoms. The summed E-state index contributed by atoms with van der Waals surface area (Å²) in [5, 5.41) is 3.38. The number of nitrogens with one attached hydrogen (secondary N) is 1. The van der Waals surface area contributed by atoms with Crippen LogP contribution in [0.5, 0.6) is 0 Å². The molecular formula is C18H26N6. The largest absolute Gasteiger partial charge is 0.393 e. The molecule has 0 amide bonds. The van der Waals surface area contributed by atoms with E-state index < -0.39 is 0 Å². The molecule has 0 spiro atoms.